The van der Waals surface area contributed by atoms with Crippen molar-refractivity contribution in [2.24, 2.45) is 11.3 Å². The van der Waals surface area contributed by atoms with Crippen molar-refractivity contribution < 1.29 is 28.6 Å². The van der Waals surface area contributed by atoms with Crippen LogP contribution >= 0.6 is 0 Å². The van der Waals surface area contributed by atoms with E-state index in [4.69, 9.17) is 9.47 Å². The molecule has 0 heterocycles. The second-order valence-electron chi connectivity index (χ2n) is 5.44. The molecule has 0 aromatic carbocycles. The molecule has 0 N–H and O–H groups in total. The van der Waals surface area contributed by atoms with Crippen molar-refractivity contribution in [1.29, 1.82) is 0 Å². The number of carbonyl (C=O) groups is 3. The van der Waals surface area contributed by atoms with Crippen molar-refractivity contribution in [3.63, 3.8) is 0 Å². The minimum Gasteiger partial charge on any atom is -0.468 e. The highest BCUT2D eigenvalue weighted by Crippen LogP contribution is 2.48. The topological polar surface area (TPSA) is 78.9 Å². The van der Waals surface area contributed by atoms with Crippen molar-refractivity contribution in [3.05, 3.63) is 24.3 Å². The van der Waals surface area contributed by atoms with Gasteiger partial charge >= 0.3 is 17.9 Å². The number of allylic oxidation sites excluding steroid dienone is 1. The van der Waals surface area contributed by atoms with Crippen molar-refractivity contribution in [3.8, 4) is 0 Å². The average molecular weight is 310 g/mol. The Bertz CT molecular complexity index is 489. The molecule has 1 unspecified atom stereocenters. The Hall–Kier alpha value is -2.11. The van der Waals surface area contributed by atoms with Crippen LogP contribution in [0.1, 0.15) is 25.7 Å². The number of methoxy groups -OCH3 is 3. The van der Waals surface area contributed by atoms with E-state index in [-0.39, 0.29) is 18.8 Å². The third-order valence-corrected chi connectivity index (χ3v) is 4.12. The molecule has 0 amide bonds. The van der Waals surface area contributed by atoms with E-state index in [1.165, 1.54) is 21.3 Å². The van der Waals surface area contributed by atoms with Crippen LogP contribution in [0, 0.1) is 11.3 Å². The Kier molecular flexibility index (Phi) is 5.91. The van der Waals surface area contributed by atoms with Crippen LogP contribution in [-0.2, 0) is 28.6 Å². The van der Waals surface area contributed by atoms with Gasteiger partial charge in [0.25, 0.3) is 0 Å². The number of ether oxygens (including phenoxy) is 3. The first-order valence-electron chi connectivity index (χ1n) is 6.93. The lowest BCUT2D eigenvalue weighted by Crippen LogP contribution is -2.39. The Labute approximate surface area is 130 Å². The maximum Gasteiger partial charge on any atom is 0.333 e. The van der Waals surface area contributed by atoms with Crippen LogP contribution in [0.3, 0.4) is 0 Å². The monoisotopic (exact) mass is 310 g/mol. The molecule has 6 nitrogen and oxygen atoms in total. The molecular weight excluding hydrogens is 288 g/mol. The zero-order valence-electron chi connectivity index (χ0n) is 13.3. The smallest absolute Gasteiger partial charge is 0.333 e. The van der Waals surface area contributed by atoms with Gasteiger partial charge in [0, 0.05) is 5.57 Å². The van der Waals surface area contributed by atoms with E-state index in [0.29, 0.717) is 18.4 Å². The van der Waals surface area contributed by atoms with E-state index < -0.39 is 23.3 Å². The van der Waals surface area contributed by atoms with Gasteiger partial charge in [-0.05, 0) is 31.6 Å². The highest BCUT2D eigenvalue weighted by Gasteiger charge is 2.54. The summed E-state index contributed by atoms with van der Waals surface area (Å²) >= 11 is 0. The van der Waals surface area contributed by atoms with Crippen molar-refractivity contribution in [1.82, 2.24) is 0 Å². The summed E-state index contributed by atoms with van der Waals surface area (Å²) in [7, 11) is 3.77. The molecule has 1 saturated carbocycles. The lowest BCUT2D eigenvalue weighted by molar-refractivity contribution is -0.168. The van der Waals surface area contributed by atoms with Crippen molar-refractivity contribution in [2.75, 3.05) is 21.3 Å². The second kappa shape index (κ2) is 7.24. The van der Waals surface area contributed by atoms with Crippen LogP contribution in [0.4, 0.5) is 0 Å². The number of rotatable bonds is 6. The molecule has 1 aliphatic carbocycles. The van der Waals surface area contributed by atoms with Crippen LogP contribution in [0.5, 0.6) is 0 Å². The maximum atomic E-state index is 12.1. The third kappa shape index (κ3) is 3.37. The fraction of sp³-hybridized carbons (Fsp3) is 0.562. The molecule has 6 heteroatoms. The summed E-state index contributed by atoms with van der Waals surface area (Å²) in [4.78, 5) is 35.5. The predicted octanol–water partition coefficient (Wildman–Crippen LogP) is 1.79. The van der Waals surface area contributed by atoms with Gasteiger partial charge in [-0.25, -0.2) is 4.79 Å². The summed E-state index contributed by atoms with van der Waals surface area (Å²) in [5.74, 6) is -1.78. The van der Waals surface area contributed by atoms with Crippen LogP contribution in [0.2, 0.25) is 0 Å². The molecule has 0 aromatic rings. The first-order chi connectivity index (χ1) is 10.3. The molecule has 0 spiro atoms. The van der Waals surface area contributed by atoms with Gasteiger partial charge in [-0.2, -0.15) is 0 Å². The van der Waals surface area contributed by atoms with Gasteiger partial charge < -0.3 is 14.2 Å². The third-order valence-electron chi connectivity index (χ3n) is 4.12. The van der Waals surface area contributed by atoms with Gasteiger partial charge in [-0.15, -0.1) is 0 Å². The SMILES string of the molecule is C=C(CCC1CC(C(=O)OC)(C(=O)OC)CC1=C)C(=O)OC. The molecule has 22 heavy (non-hydrogen) atoms. The number of esters is 3. The normalized spacial score (nSPS) is 19.4. The Morgan fingerprint density at radius 1 is 1.14 bits per heavy atom. The molecular formula is C16H22O6. The standard InChI is InChI=1S/C16H22O6/c1-10(13(17)20-3)6-7-12-9-16(8-11(12)2,14(18)21-4)15(19)22-5/h12H,1-2,6-9H2,3-5H3. The van der Waals surface area contributed by atoms with Gasteiger partial charge in [0.1, 0.15) is 0 Å². The molecule has 0 bridgehead atoms. The van der Waals surface area contributed by atoms with Crippen LogP contribution in [0.25, 0.3) is 0 Å². The molecule has 1 rings (SSSR count). The molecule has 0 aliphatic heterocycles. The van der Waals surface area contributed by atoms with Gasteiger partial charge in [0.05, 0.1) is 21.3 Å². The first kappa shape index (κ1) is 17.9. The fourth-order valence-corrected chi connectivity index (χ4v) is 2.86. The molecule has 1 aliphatic rings. The van der Waals surface area contributed by atoms with E-state index in [0.717, 1.165) is 5.57 Å². The summed E-state index contributed by atoms with van der Waals surface area (Å²) in [6.07, 6.45) is 1.43. The fourth-order valence-electron chi connectivity index (χ4n) is 2.86. The van der Waals surface area contributed by atoms with Gasteiger partial charge in [0.2, 0.25) is 0 Å². The summed E-state index contributed by atoms with van der Waals surface area (Å²) in [6.45, 7) is 7.61. The van der Waals surface area contributed by atoms with E-state index >= 15 is 0 Å². The summed E-state index contributed by atoms with van der Waals surface area (Å²) < 4.78 is 14.1. The molecule has 0 saturated heterocycles. The minimum absolute atomic E-state index is 0.0837. The van der Waals surface area contributed by atoms with E-state index in [1.807, 2.05) is 0 Å². The highest BCUT2D eigenvalue weighted by atomic mass is 16.5. The molecule has 1 fully saturated rings. The lowest BCUT2D eigenvalue weighted by atomic mass is 9.84. The Morgan fingerprint density at radius 3 is 2.14 bits per heavy atom. The van der Waals surface area contributed by atoms with Crippen LogP contribution in [-0.4, -0.2) is 39.2 Å². The highest BCUT2D eigenvalue weighted by molar-refractivity contribution is 6.01. The van der Waals surface area contributed by atoms with E-state index in [9.17, 15) is 14.4 Å². The van der Waals surface area contributed by atoms with Crippen LogP contribution in [0.15, 0.2) is 24.3 Å². The van der Waals surface area contributed by atoms with Crippen LogP contribution < -0.4 is 0 Å². The lowest BCUT2D eigenvalue weighted by Gasteiger charge is -2.22. The Balaban J connectivity index is 2.83. The number of hydrogen-bond donors (Lipinski definition) is 0. The second-order valence-corrected chi connectivity index (χ2v) is 5.44. The summed E-state index contributed by atoms with van der Waals surface area (Å²) in [5, 5.41) is 0. The summed E-state index contributed by atoms with van der Waals surface area (Å²) in [6, 6.07) is 0. The zero-order valence-corrected chi connectivity index (χ0v) is 13.3. The average Bonchev–Trinajstić information content (AvgIpc) is 2.87. The van der Waals surface area contributed by atoms with Crippen molar-refractivity contribution in [2.45, 2.75) is 25.7 Å². The zero-order chi connectivity index (χ0) is 16.9. The number of hydrogen-bond acceptors (Lipinski definition) is 6. The molecule has 0 aromatic heterocycles. The van der Waals surface area contributed by atoms with Gasteiger partial charge in [-0.3, -0.25) is 9.59 Å². The largest absolute Gasteiger partial charge is 0.468 e. The molecule has 122 valence electrons. The number of carbonyl (C=O) groups excluding carboxylic acids is 3. The van der Waals surface area contributed by atoms with Gasteiger partial charge in [0.15, 0.2) is 5.41 Å². The molecule has 1 atom stereocenters. The van der Waals surface area contributed by atoms with Gasteiger partial charge in [-0.1, -0.05) is 18.7 Å². The Morgan fingerprint density at radius 2 is 1.68 bits per heavy atom. The maximum absolute atomic E-state index is 12.1. The van der Waals surface area contributed by atoms with E-state index in [2.05, 4.69) is 17.9 Å². The minimum atomic E-state index is -1.34. The molecule has 0 radical (unpaired) electrons. The predicted molar refractivity (Wildman–Crippen MR) is 78.7 cm³/mol. The summed E-state index contributed by atoms with van der Waals surface area (Å²) in [5.41, 5.74) is -0.213. The van der Waals surface area contributed by atoms with Crippen molar-refractivity contribution >= 4 is 17.9 Å². The van der Waals surface area contributed by atoms with E-state index in [1.54, 1.807) is 0 Å². The quantitative estimate of drug-likeness (QED) is 0.245. The first-order valence-corrected chi connectivity index (χ1v) is 6.93.